The van der Waals surface area contributed by atoms with Crippen LogP contribution in [0, 0.1) is 0 Å². The van der Waals surface area contributed by atoms with E-state index in [9.17, 15) is 4.79 Å². The standard InChI is InChI=1S/C5H4N6OS/c12-4(3-6-1-7-10-3)9-5-11-8-2-13-5/h1-2H,(H,6,7,10)(H,9,11,12). The molecule has 2 rings (SSSR count). The molecular formula is C5H4N6OS. The first-order valence-electron chi connectivity index (χ1n) is 3.29. The molecule has 2 aromatic heterocycles. The van der Waals surface area contributed by atoms with Crippen molar-refractivity contribution in [3.05, 3.63) is 17.7 Å². The van der Waals surface area contributed by atoms with E-state index in [-0.39, 0.29) is 11.7 Å². The van der Waals surface area contributed by atoms with Crippen LogP contribution in [0.15, 0.2) is 11.8 Å². The van der Waals surface area contributed by atoms with Crippen LogP contribution in [0.3, 0.4) is 0 Å². The number of carbonyl (C=O) groups is 1. The third-order valence-corrected chi connectivity index (χ3v) is 1.82. The second-order valence-electron chi connectivity index (χ2n) is 2.03. The maximum absolute atomic E-state index is 11.3. The Bertz CT molecular complexity index is 381. The highest BCUT2D eigenvalue weighted by molar-refractivity contribution is 7.13. The predicted octanol–water partition coefficient (Wildman–Crippen LogP) is -0.0915. The number of anilines is 1. The summed E-state index contributed by atoms with van der Waals surface area (Å²) in [5.74, 6) is -0.232. The summed E-state index contributed by atoms with van der Waals surface area (Å²) in [6.07, 6.45) is 1.26. The first-order valence-corrected chi connectivity index (χ1v) is 4.17. The molecule has 1 amide bonds. The zero-order chi connectivity index (χ0) is 9.10. The largest absolute Gasteiger partial charge is 0.294 e. The smallest absolute Gasteiger partial charge is 0.294 e. The third kappa shape index (κ3) is 1.67. The highest BCUT2D eigenvalue weighted by Gasteiger charge is 2.09. The molecule has 13 heavy (non-hydrogen) atoms. The van der Waals surface area contributed by atoms with Crippen molar-refractivity contribution in [2.45, 2.75) is 0 Å². The summed E-state index contributed by atoms with van der Waals surface area (Å²) in [6, 6.07) is 0. The van der Waals surface area contributed by atoms with Crippen molar-refractivity contribution in [3.8, 4) is 0 Å². The molecule has 0 aliphatic carbocycles. The highest BCUT2D eigenvalue weighted by atomic mass is 32.1. The van der Waals surface area contributed by atoms with E-state index >= 15 is 0 Å². The van der Waals surface area contributed by atoms with Gasteiger partial charge in [-0.05, 0) is 0 Å². The van der Waals surface area contributed by atoms with Crippen LogP contribution in [0.2, 0.25) is 0 Å². The van der Waals surface area contributed by atoms with E-state index in [0.29, 0.717) is 5.13 Å². The maximum atomic E-state index is 11.3. The topological polar surface area (TPSA) is 96.5 Å². The van der Waals surface area contributed by atoms with Gasteiger partial charge in [0, 0.05) is 0 Å². The molecule has 2 N–H and O–H groups in total. The molecule has 2 heterocycles. The normalized spacial score (nSPS) is 9.85. The molecule has 0 fully saturated rings. The van der Waals surface area contributed by atoms with E-state index in [4.69, 9.17) is 0 Å². The van der Waals surface area contributed by atoms with Gasteiger partial charge in [0.1, 0.15) is 11.8 Å². The van der Waals surface area contributed by atoms with Gasteiger partial charge < -0.3 is 0 Å². The monoisotopic (exact) mass is 196 g/mol. The Morgan fingerprint density at radius 1 is 1.62 bits per heavy atom. The zero-order valence-corrected chi connectivity index (χ0v) is 7.08. The SMILES string of the molecule is O=C(Nc1nncs1)c1ncn[nH]1. The molecule has 0 bridgehead atoms. The van der Waals surface area contributed by atoms with Crippen LogP contribution in [-0.2, 0) is 0 Å². The van der Waals surface area contributed by atoms with Crippen molar-refractivity contribution >= 4 is 22.4 Å². The predicted molar refractivity (Wildman–Crippen MR) is 44.2 cm³/mol. The molecule has 8 heteroatoms. The minimum absolute atomic E-state index is 0.148. The number of aromatic amines is 1. The molecule has 2 aromatic rings. The van der Waals surface area contributed by atoms with Gasteiger partial charge >= 0.3 is 0 Å². The second-order valence-corrected chi connectivity index (χ2v) is 2.87. The van der Waals surface area contributed by atoms with Crippen LogP contribution < -0.4 is 5.32 Å². The Morgan fingerprint density at radius 3 is 3.15 bits per heavy atom. The van der Waals surface area contributed by atoms with Crippen molar-refractivity contribution in [1.82, 2.24) is 25.4 Å². The van der Waals surface area contributed by atoms with E-state index in [1.165, 1.54) is 23.2 Å². The zero-order valence-electron chi connectivity index (χ0n) is 6.26. The number of hydrogen-bond acceptors (Lipinski definition) is 6. The number of H-pyrrole nitrogens is 1. The van der Waals surface area contributed by atoms with Crippen molar-refractivity contribution in [2.24, 2.45) is 0 Å². The molecule has 0 radical (unpaired) electrons. The van der Waals surface area contributed by atoms with Crippen molar-refractivity contribution < 1.29 is 4.79 Å². The number of hydrogen-bond donors (Lipinski definition) is 2. The number of rotatable bonds is 2. The number of nitrogens with zero attached hydrogens (tertiary/aromatic N) is 4. The highest BCUT2D eigenvalue weighted by Crippen LogP contribution is 2.08. The summed E-state index contributed by atoms with van der Waals surface area (Å²) in [7, 11) is 0. The molecule has 7 nitrogen and oxygen atoms in total. The Kier molecular flexibility index (Phi) is 1.96. The lowest BCUT2D eigenvalue weighted by Gasteiger charge is -1.94. The first kappa shape index (κ1) is 7.80. The number of aromatic nitrogens is 5. The van der Waals surface area contributed by atoms with Crippen LogP contribution in [0.25, 0.3) is 0 Å². The van der Waals surface area contributed by atoms with Crippen molar-refractivity contribution in [3.63, 3.8) is 0 Å². The molecule has 0 aliphatic heterocycles. The van der Waals surface area contributed by atoms with Crippen LogP contribution in [0.5, 0.6) is 0 Å². The summed E-state index contributed by atoms with van der Waals surface area (Å²) in [4.78, 5) is 14.9. The number of amides is 1. The third-order valence-electron chi connectivity index (χ3n) is 1.21. The average molecular weight is 196 g/mol. The van der Waals surface area contributed by atoms with E-state index in [1.54, 1.807) is 0 Å². The summed E-state index contributed by atoms with van der Waals surface area (Å²) in [5, 5.41) is 16.1. The maximum Gasteiger partial charge on any atom is 0.294 e. The molecule has 0 atom stereocenters. The van der Waals surface area contributed by atoms with E-state index in [0.717, 1.165) is 0 Å². The van der Waals surface area contributed by atoms with Crippen molar-refractivity contribution in [2.75, 3.05) is 5.32 Å². The molecule has 0 aromatic carbocycles. The minimum atomic E-state index is -0.380. The lowest BCUT2D eigenvalue weighted by molar-refractivity contribution is 0.101. The molecule has 0 spiro atoms. The van der Waals surface area contributed by atoms with Crippen LogP contribution >= 0.6 is 11.3 Å². The van der Waals surface area contributed by atoms with Gasteiger partial charge in [-0.15, -0.1) is 10.2 Å². The van der Waals surface area contributed by atoms with E-state index < -0.39 is 0 Å². The van der Waals surface area contributed by atoms with Gasteiger partial charge in [-0.2, -0.15) is 5.10 Å². The lowest BCUT2D eigenvalue weighted by atomic mass is 10.6. The fourth-order valence-corrected chi connectivity index (χ4v) is 1.14. The summed E-state index contributed by atoms with van der Waals surface area (Å²) >= 11 is 1.23. The Labute approximate surface area is 76.2 Å². The Morgan fingerprint density at radius 2 is 2.54 bits per heavy atom. The Balaban J connectivity index is 2.08. The number of carbonyl (C=O) groups excluding carboxylic acids is 1. The summed E-state index contributed by atoms with van der Waals surface area (Å²) in [5.41, 5.74) is 1.52. The fraction of sp³-hybridized carbons (Fsp3) is 0. The number of nitrogens with one attached hydrogen (secondary N) is 2. The average Bonchev–Trinajstić information content (AvgIpc) is 2.74. The molecule has 0 aliphatic rings. The lowest BCUT2D eigenvalue weighted by Crippen LogP contribution is -2.13. The van der Waals surface area contributed by atoms with Crippen LogP contribution in [-0.4, -0.2) is 31.3 Å². The van der Waals surface area contributed by atoms with Crippen LogP contribution in [0.1, 0.15) is 10.6 Å². The van der Waals surface area contributed by atoms with Crippen LogP contribution in [0.4, 0.5) is 5.13 Å². The van der Waals surface area contributed by atoms with E-state index in [2.05, 4.69) is 30.7 Å². The molecule has 0 saturated heterocycles. The van der Waals surface area contributed by atoms with Gasteiger partial charge in [0.25, 0.3) is 5.91 Å². The first-order chi connectivity index (χ1) is 6.36. The van der Waals surface area contributed by atoms with Gasteiger partial charge in [-0.1, -0.05) is 11.3 Å². The van der Waals surface area contributed by atoms with Gasteiger partial charge in [0.2, 0.25) is 11.0 Å². The summed E-state index contributed by atoms with van der Waals surface area (Å²) in [6.45, 7) is 0. The molecule has 0 saturated carbocycles. The van der Waals surface area contributed by atoms with E-state index in [1.807, 2.05) is 0 Å². The van der Waals surface area contributed by atoms with Gasteiger partial charge in [0.05, 0.1) is 0 Å². The molecule has 0 unspecified atom stereocenters. The quantitative estimate of drug-likeness (QED) is 0.699. The van der Waals surface area contributed by atoms with Gasteiger partial charge in [-0.25, -0.2) is 4.98 Å². The molecule has 66 valence electrons. The minimum Gasteiger partial charge on any atom is -0.294 e. The van der Waals surface area contributed by atoms with Gasteiger partial charge in [-0.3, -0.25) is 15.2 Å². The fourth-order valence-electron chi connectivity index (χ4n) is 0.699. The Hall–Kier alpha value is -1.83. The molecular weight excluding hydrogens is 192 g/mol. The summed E-state index contributed by atoms with van der Waals surface area (Å²) < 4.78 is 0. The van der Waals surface area contributed by atoms with Gasteiger partial charge in [0.15, 0.2) is 0 Å². The van der Waals surface area contributed by atoms with Crippen molar-refractivity contribution in [1.29, 1.82) is 0 Å². The second kappa shape index (κ2) is 3.27.